The van der Waals surface area contributed by atoms with Crippen molar-refractivity contribution in [2.45, 2.75) is 76.8 Å². The molecule has 1 saturated heterocycles. The minimum Gasteiger partial charge on any atom is -0.415 e. The van der Waals surface area contributed by atoms with Gasteiger partial charge in [-0.05, 0) is 37.1 Å². The number of carbonyl (C=O) groups is 4. The molecule has 2 aromatic rings. The Morgan fingerprint density at radius 3 is 2.59 bits per heavy atom. The molecule has 6 atom stereocenters. The summed E-state index contributed by atoms with van der Waals surface area (Å²) in [5, 5.41) is 47.2. The second-order valence-electron chi connectivity index (χ2n) is 11.7. The van der Waals surface area contributed by atoms with Gasteiger partial charge in [0, 0.05) is 36.1 Å². The van der Waals surface area contributed by atoms with Crippen molar-refractivity contribution in [3.63, 3.8) is 0 Å². The third-order valence-electron chi connectivity index (χ3n) is 8.06. The van der Waals surface area contributed by atoms with E-state index in [2.05, 4.69) is 20.5 Å². The minimum atomic E-state index is -4.05. The summed E-state index contributed by atoms with van der Waals surface area (Å²) in [7, 11) is 0. The number of ketones is 2. The maximum Gasteiger partial charge on any atom is 0.460 e. The summed E-state index contributed by atoms with van der Waals surface area (Å²) >= 11 is 0. The number of nitriles is 1. The molecule has 1 aromatic carbocycles. The number of aliphatic hydroxyl groups is 3. The van der Waals surface area contributed by atoms with Crippen molar-refractivity contribution in [3.8, 4) is 11.8 Å². The minimum absolute atomic E-state index is 0.103. The Morgan fingerprint density at radius 2 is 1.98 bits per heavy atom. The highest BCUT2D eigenvalue weighted by Gasteiger charge is 2.59. The third kappa shape index (κ3) is 8.17. The number of anilines is 1. The second-order valence-corrected chi connectivity index (χ2v) is 11.7. The summed E-state index contributed by atoms with van der Waals surface area (Å²) in [4.78, 5) is 65.0. The Bertz CT molecular complexity index is 1650. The Morgan fingerprint density at radius 1 is 1.27 bits per heavy atom. The Kier molecular flexibility index (Phi) is 11.0. The highest BCUT2D eigenvalue weighted by molar-refractivity contribution is 5.99. The van der Waals surface area contributed by atoms with Gasteiger partial charge in [-0.15, -0.1) is 0 Å². The van der Waals surface area contributed by atoms with Crippen molar-refractivity contribution in [2.24, 2.45) is 17.6 Å². The van der Waals surface area contributed by atoms with E-state index >= 15 is 4.39 Å². The van der Waals surface area contributed by atoms with Crippen molar-refractivity contribution in [3.05, 3.63) is 53.0 Å². The van der Waals surface area contributed by atoms with Crippen LogP contribution in [0.4, 0.5) is 15.0 Å². The molecule has 0 spiro atoms. The normalized spacial score (nSPS) is 26.2. The van der Waals surface area contributed by atoms with Crippen LogP contribution in [-0.4, -0.2) is 74.4 Å². The molecule has 264 valence electrons. The van der Waals surface area contributed by atoms with Crippen LogP contribution in [0.5, 0.6) is 5.75 Å². The van der Waals surface area contributed by atoms with Crippen LogP contribution in [0.25, 0.3) is 0 Å². The lowest BCUT2D eigenvalue weighted by atomic mass is 9.95. The lowest BCUT2D eigenvalue weighted by molar-refractivity contribution is -0.528. The van der Waals surface area contributed by atoms with Crippen molar-refractivity contribution in [1.29, 1.82) is 5.26 Å². The summed E-state index contributed by atoms with van der Waals surface area (Å²) in [6, 6.07) is 5.19. The first-order chi connectivity index (χ1) is 23.0. The van der Waals surface area contributed by atoms with Crippen LogP contribution < -0.4 is 21.1 Å². The predicted molar refractivity (Wildman–Crippen MR) is 161 cm³/mol. The molecule has 1 saturated carbocycles. The number of nitrogens with zero attached hydrogens (tertiary/aromatic N) is 2. The van der Waals surface area contributed by atoms with Gasteiger partial charge in [0.15, 0.2) is 5.78 Å². The summed E-state index contributed by atoms with van der Waals surface area (Å²) in [6.45, 7) is 5.04. The van der Waals surface area contributed by atoms with Gasteiger partial charge in [0.05, 0.1) is 17.0 Å². The average molecular weight is 690 g/mol. The van der Waals surface area contributed by atoms with E-state index in [0.29, 0.717) is 0 Å². The topological polar surface area (TPSA) is 262 Å². The first kappa shape index (κ1) is 37.2. The molecule has 17 nitrogen and oxygen atoms in total. The van der Waals surface area contributed by atoms with Crippen LogP contribution in [0.2, 0.25) is 0 Å². The lowest BCUT2D eigenvalue weighted by Gasteiger charge is -2.39. The van der Waals surface area contributed by atoms with Gasteiger partial charge in [0.25, 0.3) is 0 Å². The van der Waals surface area contributed by atoms with E-state index in [1.807, 2.05) is 6.07 Å². The molecule has 1 aliphatic heterocycles. The standard InChI is InChI=1S/C31H36FN5O12/c1-5-16(4)29(34)27(40)47-45-14-15(3)26(39)30(42,48-29)49-31(43,44)46-25-18(22(38)6-2)8-9-20(32)24(25)19-11-21(19)36-28(41)37-23-10-7-17(12-33)13-35-23/h7-10,13,15-16,19,21,42-44H,5-6,11,14,34H2,1-4H3,(H2,35,36,37,41)/t15-,16-,19+,21-,29-,30-/m0/s1. The molecule has 0 bridgehead atoms. The summed E-state index contributed by atoms with van der Waals surface area (Å²) in [6.07, 6.45) is -2.73. The molecule has 18 heteroatoms. The lowest BCUT2D eigenvalue weighted by Crippen LogP contribution is -2.65. The number of aromatic nitrogens is 1. The third-order valence-corrected chi connectivity index (χ3v) is 8.06. The summed E-state index contributed by atoms with van der Waals surface area (Å²) in [5.74, 6) is -12.0. The van der Waals surface area contributed by atoms with Gasteiger partial charge in [-0.25, -0.2) is 23.7 Å². The van der Waals surface area contributed by atoms with Crippen LogP contribution in [0.1, 0.15) is 74.4 Å². The Hall–Kier alpha value is -4.61. The van der Waals surface area contributed by atoms with E-state index in [0.717, 1.165) is 12.1 Å². The van der Waals surface area contributed by atoms with Crippen LogP contribution in [-0.2, 0) is 28.8 Å². The van der Waals surface area contributed by atoms with E-state index in [9.17, 15) is 34.5 Å². The molecular formula is C31H36FN5O12. The SMILES string of the molecule is CCC(=O)c1ccc(F)c([C@@H]2C[C@@H]2NC(=O)Nc2ccc(C#N)cn2)c1OC(O)(O)O[C@@]1(O)O[C@@](N)([C@@H](C)CC)C(=O)OOC[C@H](C)C1=O. The second kappa shape index (κ2) is 14.5. The van der Waals surface area contributed by atoms with Gasteiger partial charge in [0.1, 0.15) is 30.1 Å². The smallest absolute Gasteiger partial charge is 0.415 e. The Balaban J connectivity index is 1.65. The van der Waals surface area contributed by atoms with Gasteiger partial charge >= 0.3 is 24.1 Å². The highest BCUT2D eigenvalue weighted by atomic mass is 19.1. The molecule has 2 fully saturated rings. The highest BCUT2D eigenvalue weighted by Crippen LogP contribution is 2.48. The molecule has 1 aliphatic carbocycles. The van der Waals surface area contributed by atoms with Gasteiger partial charge < -0.3 is 25.4 Å². The molecule has 4 rings (SSSR count). The molecule has 0 unspecified atom stereocenters. The number of rotatable bonds is 11. The van der Waals surface area contributed by atoms with Gasteiger partial charge in [-0.1, -0.05) is 27.7 Å². The van der Waals surface area contributed by atoms with Crippen LogP contribution in [0.3, 0.4) is 0 Å². The number of pyridine rings is 1. The van der Waals surface area contributed by atoms with E-state index in [4.69, 9.17) is 30.1 Å². The largest absolute Gasteiger partial charge is 0.460 e. The fraction of sp³-hybridized carbons (Fsp3) is 0.484. The molecular weight excluding hydrogens is 653 g/mol. The van der Waals surface area contributed by atoms with Crippen LogP contribution in [0, 0.1) is 29.0 Å². The van der Waals surface area contributed by atoms with E-state index < -0.39 is 83.4 Å². The maximum absolute atomic E-state index is 15.5. The number of carbonyl (C=O) groups excluding carboxylic acids is 4. The summed E-state index contributed by atoms with van der Waals surface area (Å²) in [5.41, 5.74) is 3.03. The van der Waals surface area contributed by atoms with E-state index in [-0.39, 0.29) is 41.8 Å². The molecule has 1 aromatic heterocycles. The number of Topliss-reactive ketones (excluding diaryl/α,β-unsaturated/α-hetero) is 2. The zero-order chi connectivity index (χ0) is 36.3. The molecule has 7 N–H and O–H groups in total. The number of nitrogens with one attached hydrogen (secondary N) is 2. The zero-order valence-electron chi connectivity index (χ0n) is 26.9. The van der Waals surface area contributed by atoms with E-state index in [1.54, 1.807) is 6.92 Å². The van der Waals surface area contributed by atoms with Crippen LogP contribution >= 0.6 is 0 Å². The number of amides is 2. The number of benzene rings is 1. The maximum atomic E-state index is 15.5. The molecule has 0 radical (unpaired) electrons. The predicted octanol–water partition coefficient (Wildman–Crippen LogP) is 1.41. The molecule has 49 heavy (non-hydrogen) atoms. The van der Waals surface area contributed by atoms with Crippen molar-refractivity contribution in [1.82, 2.24) is 10.3 Å². The number of halogens is 1. The van der Waals surface area contributed by atoms with E-state index in [1.165, 1.54) is 39.1 Å². The number of hydrogen-bond donors (Lipinski definition) is 6. The average Bonchev–Trinajstić information content (AvgIpc) is 3.80. The monoisotopic (exact) mass is 689 g/mol. The number of urea groups is 1. The van der Waals surface area contributed by atoms with Gasteiger partial charge in [0.2, 0.25) is 11.5 Å². The summed E-state index contributed by atoms with van der Waals surface area (Å²) < 4.78 is 30.9. The van der Waals surface area contributed by atoms with Gasteiger partial charge in [-0.3, -0.25) is 30.3 Å². The number of ether oxygens (including phenoxy) is 3. The molecule has 2 aliphatic rings. The first-order valence-corrected chi connectivity index (χ1v) is 15.2. The zero-order valence-corrected chi connectivity index (χ0v) is 26.9. The fourth-order valence-corrected chi connectivity index (χ4v) is 4.94. The van der Waals surface area contributed by atoms with Crippen molar-refractivity contribution >= 4 is 29.4 Å². The quantitative estimate of drug-likeness (QED) is 0.111. The number of hydrogen-bond acceptors (Lipinski definition) is 15. The first-order valence-electron chi connectivity index (χ1n) is 15.2. The molecule has 2 amide bonds. The van der Waals surface area contributed by atoms with Crippen molar-refractivity contribution < 1.29 is 62.9 Å². The molecule has 2 heterocycles. The van der Waals surface area contributed by atoms with Gasteiger partial charge in [-0.2, -0.15) is 10.1 Å². The van der Waals surface area contributed by atoms with Crippen LogP contribution in [0.15, 0.2) is 30.5 Å². The Labute approximate surface area is 279 Å². The van der Waals surface area contributed by atoms with Crippen molar-refractivity contribution in [2.75, 3.05) is 11.9 Å². The number of nitrogens with two attached hydrogens (primary N) is 1. The fourth-order valence-electron chi connectivity index (χ4n) is 4.94.